The maximum atomic E-state index is 13.8. The van der Waals surface area contributed by atoms with Crippen molar-refractivity contribution in [2.75, 3.05) is 26.3 Å². The van der Waals surface area contributed by atoms with Gasteiger partial charge in [-0.15, -0.1) is 11.3 Å². The fourth-order valence-corrected chi connectivity index (χ4v) is 5.75. The van der Waals surface area contributed by atoms with E-state index in [1.54, 1.807) is 35.6 Å². The largest absolute Gasteiger partial charge is 0.492 e. The van der Waals surface area contributed by atoms with Crippen LogP contribution in [0.4, 0.5) is 0 Å². The number of aliphatic hydroxyl groups is 1. The molecule has 44 heavy (non-hydrogen) atoms. The first kappa shape index (κ1) is 32.9. The van der Waals surface area contributed by atoms with Crippen LogP contribution in [0.5, 0.6) is 11.5 Å². The van der Waals surface area contributed by atoms with E-state index >= 15 is 0 Å². The molecular weight excluding hydrogens is 582 g/mol. The minimum absolute atomic E-state index is 0.00264. The molecule has 1 saturated heterocycles. The number of ether oxygens (including phenoxy) is 2. The van der Waals surface area contributed by atoms with Crippen molar-refractivity contribution in [3.05, 3.63) is 65.3 Å². The fourth-order valence-electron chi connectivity index (χ4n) is 4.94. The molecule has 2 heterocycles. The molecule has 3 aromatic rings. The third-order valence-electron chi connectivity index (χ3n) is 7.29. The zero-order chi connectivity index (χ0) is 31.9. The number of carbonyl (C=O) groups excluding carboxylic acids is 3. The van der Waals surface area contributed by atoms with Gasteiger partial charge in [-0.05, 0) is 47.7 Å². The maximum absolute atomic E-state index is 13.8. The summed E-state index contributed by atoms with van der Waals surface area (Å²) in [6.45, 7) is 8.20. The van der Waals surface area contributed by atoms with Crippen LogP contribution in [0, 0.1) is 12.3 Å². The third-order valence-corrected chi connectivity index (χ3v) is 8.27. The highest BCUT2D eigenvalue weighted by molar-refractivity contribution is 7.13. The number of aromatic nitrogens is 1. The van der Waals surface area contributed by atoms with Crippen molar-refractivity contribution in [3.8, 4) is 21.9 Å². The molecule has 0 saturated carbocycles. The normalized spacial score (nSPS) is 17.2. The number of benzene rings is 2. The number of aliphatic hydroxyl groups excluding tert-OH is 1. The molecule has 3 atom stereocenters. The van der Waals surface area contributed by atoms with Gasteiger partial charge in [0.25, 0.3) is 5.91 Å². The summed E-state index contributed by atoms with van der Waals surface area (Å²) < 4.78 is 11.0. The number of likely N-dealkylation sites (tertiary alicyclic amines) is 1. The zero-order valence-corrected chi connectivity index (χ0v) is 26.4. The second kappa shape index (κ2) is 14.7. The molecule has 12 heteroatoms. The number of aryl methyl sites for hydroxylation is 1. The van der Waals surface area contributed by atoms with Crippen molar-refractivity contribution in [1.29, 1.82) is 0 Å². The molecular formula is C32H41N5O6S. The molecule has 3 unspecified atom stereocenters. The Balaban J connectivity index is 1.35. The zero-order valence-electron chi connectivity index (χ0n) is 25.5. The lowest BCUT2D eigenvalue weighted by Gasteiger charge is -2.35. The molecule has 11 nitrogen and oxygen atoms in total. The van der Waals surface area contributed by atoms with Gasteiger partial charge in [0.15, 0.2) is 6.61 Å². The summed E-state index contributed by atoms with van der Waals surface area (Å²) in [5, 5.41) is 16.1. The van der Waals surface area contributed by atoms with Crippen LogP contribution in [0.25, 0.3) is 10.4 Å². The predicted molar refractivity (Wildman–Crippen MR) is 168 cm³/mol. The van der Waals surface area contributed by atoms with Gasteiger partial charge in [0.2, 0.25) is 11.8 Å². The van der Waals surface area contributed by atoms with Gasteiger partial charge in [-0.3, -0.25) is 14.4 Å². The number of carbonyl (C=O) groups is 3. The number of hydrogen-bond donors (Lipinski definition) is 4. The van der Waals surface area contributed by atoms with Crippen LogP contribution in [0.3, 0.4) is 0 Å². The summed E-state index contributed by atoms with van der Waals surface area (Å²) in [5.41, 5.74) is 9.51. The van der Waals surface area contributed by atoms with Gasteiger partial charge >= 0.3 is 0 Å². The van der Waals surface area contributed by atoms with Crippen molar-refractivity contribution in [3.63, 3.8) is 0 Å². The van der Waals surface area contributed by atoms with Crippen LogP contribution in [0.1, 0.15) is 38.4 Å². The average molecular weight is 624 g/mol. The molecule has 3 amide bonds. The van der Waals surface area contributed by atoms with Crippen LogP contribution in [-0.2, 0) is 20.9 Å². The summed E-state index contributed by atoms with van der Waals surface area (Å²) in [6.07, 6.45) is -0.742. The Morgan fingerprint density at radius 1 is 1.09 bits per heavy atom. The molecule has 4 rings (SSSR count). The first-order chi connectivity index (χ1) is 21.0. The summed E-state index contributed by atoms with van der Waals surface area (Å²) in [4.78, 5) is 46.7. The molecule has 0 aliphatic carbocycles. The second-order valence-electron chi connectivity index (χ2n) is 11.8. The van der Waals surface area contributed by atoms with Crippen LogP contribution >= 0.6 is 11.3 Å². The van der Waals surface area contributed by atoms with Gasteiger partial charge in [0, 0.05) is 26.1 Å². The summed E-state index contributed by atoms with van der Waals surface area (Å²) in [5.74, 6) is -0.185. The minimum Gasteiger partial charge on any atom is -0.492 e. The van der Waals surface area contributed by atoms with E-state index in [-0.39, 0.29) is 32.0 Å². The van der Waals surface area contributed by atoms with E-state index in [1.807, 2.05) is 57.5 Å². The molecule has 0 spiro atoms. The molecule has 5 N–H and O–H groups in total. The van der Waals surface area contributed by atoms with Gasteiger partial charge in [0.05, 0.1) is 22.2 Å². The standard InChI is InChI=1S/C32H41N5O6S/c1-20-28(44-19-35-20)22-7-5-21(6-8-22)16-34-30(40)26-15-23(38)17-37(26)31(41)29(32(2,3)4)36-27(39)18-43-25-11-9-24(10-12-25)42-14-13-33/h5-12,19,23,26,29,38H,13-18,33H2,1-4H3,(H,34,40)(H,36,39). The Morgan fingerprint density at radius 3 is 2.34 bits per heavy atom. The van der Waals surface area contributed by atoms with Crippen LogP contribution in [0.15, 0.2) is 54.0 Å². The van der Waals surface area contributed by atoms with Crippen LogP contribution in [-0.4, -0.2) is 77.2 Å². The fraction of sp³-hybridized carbons (Fsp3) is 0.438. The van der Waals surface area contributed by atoms with E-state index in [1.165, 1.54) is 4.90 Å². The monoisotopic (exact) mass is 623 g/mol. The third kappa shape index (κ3) is 8.55. The van der Waals surface area contributed by atoms with Gasteiger partial charge in [-0.2, -0.15) is 0 Å². The Bertz CT molecular complexity index is 1420. The van der Waals surface area contributed by atoms with E-state index in [9.17, 15) is 19.5 Å². The van der Waals surface area contributed by atoms with Crippen molar-refractivity contribution in [2.24, 2.45) is 11.1 Å². The van der Waals surface area contributed by atoms with Crippen LogP contribution < -0.4 is 25.8 Å². The summed E-state index contributed by atoms with van der Waals surface area (Å²) >= 11 is 1.58. The first-order valence-corrected chi connectivity index (χ1v) is 15.4. The van der Waals surface area contributed by atoms with Gasteiger partial charge < -0.3 is 35.8 Å². The molecule has 1 fully saturated rings. The molecule has 236 valence electrons. The van der Waals surface area contributed by atoms with E-state index in [0.29, 0.717) is 24.7 Å². The molecule has 1 aliphatic heterocycles. The number of nitrogens with two attached hydrogens (primary N) is 1. The van der Waals surface area contributed by atoms with Crippen molar-refractivity contribution >= 4 is 29.1 Å². The van der Waals surface area contributed by atoms with Gasteiger partial charge in [0.1, 0.15) is 30.2 Å². The summed E-state index contributed by atoms with van der Waals surface area (Å²) in [6, 6.07) is 12.8. The molecule has 1 aliphatic rings. The second-order valence-corrected chi connectivity index (χ2v) is 12.7. The number of thiazole rings is 1. The Kier molecular flexibility index (Phi) is 11.0. The van der Waals surface area contributed by atoms with Crippen molar-refractivity contribution < 1.29 is 29.0 Å². The van der Waals surface area contributed by atoms with Gasteiger partial charge in [-0.1, -0.05) is 45.0 Å². The van der Waals surface area contributed by atoms with Crippen LogP contribution in [0.2, 0.25) is 0 Å². The number of hydrogen-bond acceptors (Lipinski definition) is 9. The Morgan fingerprint density at radius 2 is 1.75 bits per heavy atom. The number of rotatable bonds is 12. The number of β-amino-alcohol motifs (C(OH)–C–C–N with tert-alkyl or cyclic N) is 1. The quantitative estimate of drug-likeness (QED) is 0.240. The highest BCUT2D eigenvalue weighted by atomic mass is 32.1. The molecule has 0 bridgehead atoms. The number of amides is 3. The van der Waals surface area contributed by atoms with Crippen molar-refractivity contribution in [2.45, 2.75) is 58.8 Å². The van der Waals surface area contributed by atoms with E-state index < -0.39 is 35.4 Å². The van der Waals surface area contributed by atoms with E-state index in [2.05, 4.69) is 15.6 Å². The maximum Gasteiger partial charge on any atom is 0.258 e. The SMILES string of the molecule is Cc1ncsc1-c1ccc(CNC(=O)C2CC(O)CN2C(=O)C(NC(=O)COc2ccc(OCCN)cc2)C(C)(C)C)cc1. The number of nitrogens with zero attached hydrogens (tertiary/aromatic N) is 2. The Hall–Kier alpha value is -4.00. The first-order valence-electron chi connectivity index (χ1n) is 14.6. The van der Waals surface area contributed by atoms with E-state index in [4.69, 9.17) is 15.2 Å². The lowest BCUT2D eigenvalue weighted by Crippen LogP contribution is -2.58. The molecule has 0 radical (unpaired) electrons. The topological polar surface area (TPSA) is 156 Å². The number of nitrogens with one attached hydrogen (secondary N) is 2. The van der Waals surface area contributed by atoms with Crippen molar-refractivity contribution in [1.82, 2.24) is 20.5 Å². The van der Waals surface area contributed by atoms with Gasteiger partial charge in [-0.25, -0.2) is 4.98 Å². The molecule has 2 aromatic carbocycles. The minimum atomic E-state index is -0.950. The smallest absolute Gasteiger partial charge is 0.258 e. The lowest BCUT2D eigenvalue weighted by atomic mass is 9.85. The average Bonchev–Trinajstić information content (AvgIpc) is 3.61. The summed E-state index contributed by atoms with van der Waals surface area (Å²) in [7, 11) is 0. The van der Waals surface area contributed by atoms with E-state index in [0.717, 1.165) is 21.7 Å². The lowest BCUT2D eigenvalue weighted by molar-refractivity contribution is -0.144. The Labute approximate surface area is 261 Å². The highest BCUT2D eigenvalue weighted by Gasteiger charge is 2.44. The predicted octanol–water partition coefficient (Wildman–Crippen LogP) is 2.64. The highest BCUT2D eigenvalue weighted by Crippen LogP contribution is 2.28. The molecule has 1 aromatic heterocycles.